The van der Waals surface area contributed by atoms with Gasteiger partial charge in [-0.05, 0) is 6.07 Å². The van der Waals surface area contributed by atoms with E-state index in [-0.39, 0.29) is 10.7 Å². The second-order valence-corrected chi connectivity index (χ2v) is 3.53. The fourth-order valence-corrected chi connectivity index (χ4v) is 1.13. The van der Waals surface area contributed by atoms with Crippen LogP contribution in [0, 0.1) is 0 Å². The molecule has 0 saturated heterocycles. The van der Waals surface area contributed by atoms with E-state index in [4.69, 9.17) is 11.6 Å². The number of alkyl halides is 3. The average Bonchev–Trinajstić information content (AvgIpc) is 2.19. The van der Waals surface area contributed by atoms with Gasteiger partial charge in [-0.2, -0.15) is 13.2 Å². The first-order valence-corrected chi connectivity index (χ1v) is 4.93. The van der Waals surface area contributed by atoms with E-state index in [9.17, 15) is 18.0 Å². The molecule has 1 aromatic heterocycles. The molecular formula is C9H9ClF3N3O. The van der Waals surface area contributed by atoms with Gasteiger partial charge in [0.05, 0.1) is 30.0 Å². The monoisotopic (exact) mass is 267 g/mol. The van der Waals surface area contributed by atoms with Crippen LogP contribution in [0.1, 0.15) is 0 Å². The third kappa shape index (κ3) is 5.50. The molecule has 1 amide bonds. The molecule has 0 radical (unpaired) electrons. The molecular weight excluding hydrogens is 259 g/mol. The summed E-state index contributed by atoms with van der Waals surface area (Å²) in [7, 11) is 0. The van der Waals surface area contributed by atoms with Gasteiger partial charge in [0.25, 0.3) is 0 Å². The summed E-state index contributed by atoms with van der Waals surface area (Å²) in [6.45, 7) is -1.67. The third-order valence-corrected chi connectivity index (χ3v) is 1.98. The largest absolute Gasteiger partial charge is 0.401 e. The van der Waals surface area contributed by atoms with E-state index in [2.05, 4.69) is 10.3 Å². The molecule has 2 N–H and O–H groups in total. The van der Waals surface area contributed by atoms with Gasteiger partial charge in [0.1, 0.15) is 0 Å². The van der Waals surface area contributed by atoms with Crippen LogP contribution >= 0.6 is 11.6 Å². The van der Waals surface area contributed by atoms with Gasteiger partial charge in [-0.1, -0.05) is 11.6 Å². The number of hydrogen-bond donors (Lipinski definition) is 2. The standard InChI is InChI=1S/C9H9ClF3N3O/c10-6-1-2-14-3-7(6)16-8(17)4-15-5-9(11,12)13/h1-3,15H,4-5H2,(H,16,17). The van der Waals surface area contributed by atoms with Crippen LogP contribution in [-0.4, -0.2) is 30.2 Å². The quantitative estimate of drug-likeness (QED) is 0.875. The molecule has 0 bridgehead atoms. The molecule has 0 unspecified atom stereocenters. The zero-order chi connectivity index (χ0) is 12.9. The van der Waals surface area contributed by atoms with E-state index in [1.54, 1.807) is 0 Å². The molecule has 8 heteroatoms. The molecule has 17 heavy (non-hydrogen) atoms. The van der Waals surface area contributed by atoms with Gasteiger partial charge in [-0.25, -0.2) is 0 Å². The number of anilines is 1. The normalized spacial score (nSPS) is 11.3. The van der Waals surface area contributed by atoms with Crippen molar-refractivity contribution in [2.24, 2.45) is 0 Å². The van der Waals surface area contributed by atoms with Crippen LogP contribution in [0.15, 0.2) is 18.5 Å². The zero-order valence-corrected chi connectivity index (χ0v) is 9.27. The molecule has 1 rings (SSSR count). The number of aromatic nitrogens is 1. The molecule has 0 atom stereocenters. The summed E-state index contributed by atoms with van der Waals surface area (Å²) in [5, 5.41) is 4.57. The van der Waals surface area contributed by atoms with Crippen molar-refractivity contribution in [2.45, 2.75) is 6.18 Å². The van der Waals surface area contributed by atoms with Gasteiger partial charge in [0.15, 0.2) is 0 Å². The van der Waals surface area contributed by atoms with Crippen molar-refractivity contribution in [2.75, 3.05) is 18.4 Å². The number of nitrogens with one attached hydrogen (secondary N) is 2. The molecule has 0 spiro atoms. The van der Waals surface area contributed by atoms with Gasteiger partial charge in [0.2, 0.25) is 5.91 Å². The number of carbonyl (C=O) groups excluding carboxylic acids is 1. The molecule has 0 fully saturated rings. The van der Waals surface area contributed by atoms with Crippen LogP contribution in [0.4, 0.5) is 18.9 Å². The van der Waals surface area contributed by atoms with Crippen molar-refractivity contribution >= 4 is 23.2 Å². The smallest absolute Gasteiger partial charge is 0.322 e. The molecule has 0 aromatic carbocycles. The molecule has 94 valence electrons. The first-order chi connectivity index (χ1) is 7.88. The predicted octanol–water partition coefficient (Wildman–Crippen LogP) is 1.83. The Morgan fingerprint density at radius 3 is 2.76 bits per heavy atom. The van der Waals surface area contributed by atoms with E-state index in [0.717, 1.165) is 0 Å². The van der Waals surface area contributed by atoms with E-state index < -0.39 is 25.2 Å². The Bertz CT molecular complexity index is 397. The topological polar surface area (TPSA) is 54.0 Å². The summed E-state index contributed by atoms with van der Waals surface area (Å²) in [4.78, 5) is 14.9. The van der Waals surface area contributed by atoms with Crippen LogP contribution in [0.5, 0.6) is 0 Å². The van der Waals surface area contributed by atoms with Gasteiger partial charge in [-0.3, -0.25) is 9.78 Å². The van der Waals surface area contributed by atoms with Gasteiger partial charge >= 0.3 is 6.18 Å². The maximum absolute atomic E-state index is 11.8. The Balaban J connectivity index is 2.38. The lowest BCUT2D eigenvalue weighted by molar-refractivity contribution is -0.126. The zero-order valence-electron chi connectivity index (χ0n) is 8.51. The Morgan fingerprint density at radius 1 is 1.47 bits per heavy atom. The third-order valence-electron chi connectivity index (χ3n) is 1.65. The average molecular weight is 268 g/mol. The summed E-state index contributed by atoms with van der Waals surface area (Å²) >= 11 is 5.72. The Labute approximate surface area is 100 Å². The number of rotatable bonds is 4. The predicted molar refractivity (Wildman–Crippen MR) is 56.8 cm³/mol. The van der Waals surface area contributed by atoms with Crippen LogP contribution in [0.25, 0.3) is 0 Å². The SMILES string of the molecule is O=C(CNCC(F)(F)F)Nc1cnccc1Cl. The van der Waals surface area contributed by atoms with Crippen molar-refractivity contribution in [1.82, 2.24) is 10.3 Å². The minimum absolute atomic E-state index is 0.257. The molecule has 1 heterocycles. The Kier molecular flexibility index (Phi) is 4.71. The van der Waals surface area contributed by atoms with E-state index in [1.165, 1.54) is 18.5 Å². The minimum Gasteiger partial charge on any atom is -0.322 e. The maximum atomic E-state index is 11.8. The van der Waals surface area contributed by atoms with Crippen LogP contribution in [-0.2, 0) is 4.79 Å². The number of hydrogen-bond acceptors (Lipinski definition) is 3. The Hall–Kier alpha value is -1.34. The van der Waals surface area contributed by atoms with Gasteiger partial charge in [0, 0.05) is 6.20 Å². The van der Waals surface area contributed by atoms with Crippen LogP contribution in [0.2, 0.25) is 5.02 Å². The first-order valence-electron chi connectivity index (χ1n) is 4.55. The van der Waals surface area contributed by atoms with Crippen LogP contribution in [0.3, 0.4) is 0 Å². The van der Waals surface area contributed by atoms with E-state index >= 15 is 0 Å². The van der Waals surface area contributed by atoms with Crippen molar-refractivity contribution in [3.63, 3.8) is 0 Å². The second-order valence-electron chi connectivity index (χ2n) is 3.12. The van der Waals surface area contributed by atoms with Gasteiger partial charge < -0.3 is 10.6 Å². The lowest BCUT2D eigenvalue weighted by Crippen LogP contribution is -2.35. The van der Waals surface area contributed by atoms with Crippen molar-refractivity contribution in [1.29, 1.82) is 0 Å². The highest BCUT2D eigenvalue weighted by Gasteiger charge is 2.26. The first kappa shape index (κ1) is 13.7. The van der Waals surface area contributed by atoms with Crippen LogP contribution < -0.4 is 10.6 Å². The molecule has 0 saturated carbocycles. The summed E-state index contributed by atoms with van der Waals surface area (Å²) in [5.41, 5.74) is 0.257. The highest BCUT2D eigenvalue weighted by atomic mass is 35.5. The summed E-state index contributed by atoms with van der Waals surface area (Å²) in [6.07, 6.45) is -1.60. The molecule has 0 aliphatic rings. The summed E-state index contributed by atoms with van der Waals surface area (Å²) in [6, 6.07) is 1.46. The number of carbonyl (C=O) groups is 1. The lowest BCUT2D eigenvalue weighted by atomic mass is 10.4. The lowest BCUT2D eigenvalue weighted by Gasteiger charge is -2.09. The maximum Gasteiger partial charge on any atom is 0.401 e. The number of amides is 1. The highest BCUT2D eigenvalue weighted by Crippen LogP contribution is 2.18. The fraction of sp³-hybridized carbons (Fsp3) is 0.333. The van der Waals surface area contributed by atoms with Crippen molar-refractivity contribution < 1.29 is 18.0 Å². The molecule has 0 aliphatic carbocycles. The van der Waals surface area contributed by atoms with Crippen molar-refractivity contribution in [3.05, 3.63) is 23.5 Å². The van der Waals surface area contributed by atoms with E-state index in [0.29, 0.717) is 0 Å². The van der Waals surface area contributed by atoms with E-state index in [1.807, 2.05) is 5.32 Å². The number of pyridine rings is 1. The second kappa shape index (κ2) is 5.83. The minimum atomic E-state index is -4.34. The fourth-order valence-electron chi connectivity index (χ4n) is 0.982. The summed E-state index contributed by atoms with van der Waals surface area (Å²) in [5.74, 6) is -0.621. The number of nitrogens with zero attached hydrogens (tertiary/aromatic N) is 1. The van der Waals surface area contributed by atoms with Gasteiger partial charge in [-0.15, -0.1) is 0 Å². The molecule has 1 aromatic rings. The highest BCUT2D eigenvalue weighted by molar-refractivity contribution is 6.33. The summed E-state index contributed by atoms with van der Waals surface area (Å²) < 4.78 is 35.3. The Morgan fingerprint density at radius 2 is 2.18 bits per heavy atom. The molecule has 4 nitrogen and oxygen atoms in total. The number of halogens is 4. The molecule has 0 aliphatic heterocycles. The van der Waals surface area contributed by atoms with Crippen molar-refractivity contribution in [3.8, 4) is 0 Å².